The Morgan fingerprint density at radius 2 is 1.83 bits per heavy atom. The number of ether oxygens (including phenoxy) is 3. The second-order valence-corrected chi connectivity index (χ2v) is 8.73. The lowest BCUT2D eigenvalue weighted by atomic mass is 9.91. The van der Waals surface area contributed by atoms with E-state index in [2.05, 4.69) is 19.9 Å². The van der Waals surface area contributed by atoms with E-state index in [1.807, 2.05) is 30.3 Å². The third-order valence-corrected chi connectivity index (χ3v) is 5.86. The molecule has 0 saturated carbocycles. The summed E-state index contributed by atoms with van der Waals surface area (Å²) in [5, 5.41) is 0. The number of nitrogens with zero attached hydrogens (tertiary/aromatic N) is 3. The maximum atomic E-state index is 13.6. The van der Waals surface area contributed by atoms with Gasteiger partial charge in [-0.2, -0.15) is 4.98 Å². The standard InChI is InChI=1S/C26H24FN5O4/c1-26(24(28)33)14-35-23(36-15-26)22-31-20(17-7-9-18(27)10-8-17)21(32-22)19-11-12-29-25(30-19)34-13-16-5-3-2-4-6-16/h2-12,23H,13-15H2,1H3,(H2,28,33)(H,31,32). The van der Waals surface area contributed by atoms with Crippen molar-refractivity contribution in [2.24, 2.45) is 11.1 Å². The highest BCUT2D eigenvalue weighted by atomic mass is 19.1. The van der Waals surface area contributed by atoms with Crippen LogP contribution in [0.25, 0.3) is 22.6 Å². The molecule has 3 N–H and O–H groups in total. The fourth-order valence-corrected chi connectivity index (χ4v) is 3.69. The summed E-state index contributed by atoms with van der Waals surface area (Å²) >= 11 is 0. The SMILES string of the molecule is CC1(C(N)=O)COC(c2nc(-c3ccc(F)cc3)c(-c3ccnc(OCc4ccccc4)n3)[nH]2)OC1. The van der Waals surface area contributed by atoms with Crippen LogP contribution in [0.15, 0.2) is 66.9 Å². The molecule has 0 spiro atoms. The van der Waals surface area contributed by atoms with Gasteiger partial charge in [0.05, 0.1) is 35.7 Å². The molecule has 184 valence electrons. The molecule has 1 amide bonds. The number of halogens is 1. The minimum atomic E-state index is -0.927. The number of hydrogen-bond acceptors (Lipinski definition) is 7. The number of carbonyl (C=O) groups is 1. The number of hydrogen-bond donors (Lipinski definition) is 2. The largest absolute Gasteiger partial charge is 0.459 e. The Hall–Kier alpha value is -4.15. The zero-order valence-corrected chi connectivity index (χ0v) is 19.5. The van der Waals surface area contributed by atoms with E-state index in [1.54, 1.807) is 31.3 Å². The molecular formula is C26H24FN5O4. The second-order valence-electron chi connectivity index (χ2n) is 8.73. The van der Waals surface area contributed by atoms with Gasteiger partial charge in [0.1, 0.15) is 12.4 Å². The number of imidazole rings is 1. The quantitative estimate of drug-likeness (QED) is 0.405. The maximum absolute atomic E-state index is 13.6. The van der Waals surface area contributed by atoms with Gasteiger partial charge in [0.2, 0.25) is 12.2 Å². The smallest absolute Gasteiger partial charge is 0.317 e. The van der Waals surface area contributed by atoms with E-state index in [-0.39, 0.29) is 25.0 Å². The number of nitrogens with one attached hydrogen (secondary N) is 1. The summed E-state index contributed by atoms with van der Waals surface area (Å²) in [4.78, 5) is 28.4. The Balaban J connectivity index is 1.46. The average molecular weight is 490 g/mol. The highest BCUT2D eigenvalue weighted by Gasteiger charge is 2.39. The Morgan fingerprint density at radius 3 is 2.53 bits per heavy atom. The molecule has 2 aromatic heterocycles. The van der Waals surface area contributed by atoms with Crippen molar-refractivity contribution in [3.8, 4) is 28.7 Å². The van der Waals surface area contributed by atoms with E-state index < -0.39 is 17.6 Å². The van der Waals surface area contributed by atoms with Crippen molar-refractivity contribution in [2.45, 2.75) is 19.8 Å². The summed E-state index contributed by atoms with van der Waals surface area (Å²) < 4.78 is 30.9. The lowest BCUT2D eigenvalue weighted by molar-refractivity contribution is -0.230. The van der Waals surface area contributed by atoms with Gasteiger partial charge in [0, 0.05) is 11.8 Å². The van der Waals surface area contributed by atoms with Gasteiger partial charge in [0.25, 0.3) is 0 Å². The molecule has 0 radical (unpaired) electrons. The fourth-order valence-electron chi connectivity index (χ4n) is 3.69. The van der Waals surface area contributed by atoms with E-state index in [1.165, 1.54) is 12.1 Å². The number of carbonyl (C=O) groups excluding carboxylic acids is 1. The average Bonchev–Trinajstić information content (AvgIpc) is 3.34. The number of rotatable bonds is 7. The number of aromatic amines is 1. The Labute approximate surface area is 206 Å². The van der Waals surface area contributed by atoms with E-state index in [9.17, 15) is 9.18 Å². The zero-order chi connectivity index (χ0) is 25.1. The lowest BCUT2D eigenvalue weighted by Gasteiger charge is -2.34. The molecule has 9 nitrogen and oxygen atoms in total. The third-order valence-electron chi connectivity index (χ3n) is 5.86. The maximum Gasteiger partial charge on any atom is 0.317 e. The summed E-state index contributed by atoms with van der Waals surface area (Å²) in [6.07, 6.45) is 0.741. The van der Waals surface area contributed by atoms with Gasteiger partial charge in [-0.05, 0) is 42.8 Å². The van der Waals surface area contributed by atoms with Gasteiger partial charge in [-0.1, -0.05) is 30.3 Å². The van der Waals surface area contributed by atoms with Crippen LogP contribution in [-0.4, -0.2) is 39.1 Å². The van der Waals surface area contributed by atoms with Gasteiger partial charge in [-0.25, -0.2) is 14.4 Å². The number of primary amides is 1. The summed E-state index contributed by atoms with van der Waals surface area (Å²) in [5.41, 5.74) is 7.79. The van der Waals surface area contributed by atoms with Gasteiger partial charge < -0.3 is 24.9 Å². The predicted molar refractivity (Wildman–Crippen MR) is 128 cm³/mol. The highest BCUT2D eigenvalue weighted by Crippen LogP contribution is 2.35. The van der Waals surface area contributed by atoms with Crippen LogP contribution < -0.4 is 10.5 Å². The number of amides is 1. The van der Waals surface area contributed by atoms with Crippen LogP contribution in [0.4, 0.5) is 4.39 Å². The molecule has 0 unspecified atom stereocenters. The van der Waals surface area contributed by atoms with Crippen LogP contribution in [-0.2, 0) is 20.9 Å². The van der Waals surface area contributed by atoms with Crippen molar-refractivity contribution in [3.05, 3.63) is 84.1 Å². The van der Waals surface area contributed by atoms with Gasteiger partial charge in [-0.3, -0.25) is 4.79 Å². The van der Waals surface area contributed by atoms with Crippen LogP contribution in [0.1, 0.15) is 24.6 Å². The molecule has 0 bridgehead atoms. The Morgan fingerprint density at radius 1 is 1.11 bits per heavy atom. The van der Waals surface area contributed by atoms with Crippen molar-refractivity contribution in [3.63, 3.8) is 0 Å². The first-order chi connectivity index (χ1) is 17.4. The Bertz CT molecular complexity index is 1350. The molecular weight excluding hydrogens is 465 g/mol. The molecule has 36 heavy (non-hydrogen) atoms. The van der Waals surface area contributed by atoms with E-state index >= 15 is 0 Å². The molecule has 4 aromatic rings. The normalized spacial score (nSPS) is 19.7. The molecule has 1 aliphatic heterocycles. The molecule has 0 aliphatic carbocycles. The topological polar surface area (TPSA) is 125 Å². The summed E-state index contributed by atoms with van der Waals surface area (Å²) in [6, 6.07) is 17.6. The first kappa shape index (κ1) is 23.6. The number of benzene rings is 2. The number of nitrogens with two attached hydrogens (primary N) is 1. The molecule has 1 aliphatic rings. The van der Waals surface area contributed by atoms with Crippen LogP contribution in [0.3, 0.4) is 0 Å². The molecule has 1 fully saturated rings. The highest BCUT2D eigenvalue weighted by molar-refractivity contribution is 5.81. The van der Waals surface area contributed by atoms with Gasteiger partial charge >= 0.3 is 6.01 Å². The van der Waals surface area contributed by atoms with Gasteiger partial charge in [-0.15, -0.1) is 0 Å². The monoisotopic (exact) mass is 489 g/mol. The summed E-state index contributed by atoms with van der Waals surface area (Å²) in [6.45, 7) is 2.16. The van der Waals surface area contributed by atoms with E-state index in [0.29, 0.717) is 35.1 Å². The van der Waals surface area contributed by atoms with Crippen LogP contribution in [0.2, 0.25) is 0 Å². The Kier molecular flexibility index (Phi) is 6.45. The number of H-pyrrole nitrogens is 1. The van der Waals surface area contributed by atoms with E-state index in [4.69, 9.17) is 19.9 Å². The zero-order valence-electron chi connectivity index (χ0n) is 19.5. The first-order valence-electron chi connectivity index (χ1n) is 11.3. The van der Waals surface area contributed by atoms with Crippen LogP contribution in [0.5, 0.6) is 6.01 Å². The number of aromatic nitrogens is 4. The lowest BCUT2D eigenvalue weighted by Crippen LogP contribution is -2.46. The van der Waals surface area contributed by atoms with Crippen molar-refractivity contribution >= 4 is 5.91 Å². The summed E-state index contributed by atoms with van der Waals surface area (Å²) in [7, 11) is 0. The summed E-state index contributed by atoms with van der Waals surface area (Å²) in [5.74, 6) is -0.488. The van der Waals surface area contributed by atoms with Crippen molar-refractivity contribution in [2.75, 3.05) is 13.2 Å². The van der Waals surface area contributed by atoms with Gasteiger partial charge in [0.15, 0.2) is 5.82 Å². The molecule has 10 heteroatoms. The van der Waals surface area contributed by atoms with Crippen LogP contribution in [0, 0.1) is 11.2 Å². The minimum Gasteiger partial charge on any atom is -0.459 e. The molecule has 3 heterocycles. The fraction of sp³-hybridized carbons (Fsp3) is 0.231. The van der Waals surface area contributed by atoms with Crippen molar-refractivity contribution in [1.82, 2.24) is 19.9 Å². The first-order valence-corrected chi connectivity index (χ1v) is 11.3. The molecule has 2 aromatic carbocycles. The minimum absolute atomic E-state index is 0.0832. The van der Waals surface area contributed by atoms with E-state index in [0.717, 1.165) is 5.56 Å². The molecule has 0 atom stereocenters. The van der Waals surface area contributed by atoms with Crippen molar-refractivity contribution in [1.29, 1.82) is 0 Å². The second kappa shape index (κ2) is 9.84. The molecule has 1 saturated heterocycles. The van der Waals surface area contributed by atoms with Crippen molar-refractivity contribution < 1.29 is 23.4 Å². The van der Waals surface area contributed by atoms with Crippen LogP contribution >= 0.6 is 0 Å². The predicted octanol–water partition coefficient (Wildman–Crippen LogP) is 3.79. The third kappa shape index (κ3) is 4.95. The molecule has 5 rings (SSSR count).